The van der Waals surface area contributed by atoms with E-state index in [1.807, 2.05) is 7.11 Å². The third-order valence-electron chi connectivity index (χ3n) is 2.94. The van der Waals surface area contributed by atoms with E-state index in [1.165, 1.54) is 25.7 Å². The van der Waals surface area contributed by atoms with E-state index in [2.05, 4.69) is 13.8 Å². The molecule has 0 saturated heterocycles. The fourth-order valence-corrected chi connectivity index (χ4v) is 2.32. The average Bonchev–Trinajstić information content (AvgIpc) is 2.03. The highest BCUT2D eigenvalue weighted by atomic mass is 16.5. The van der Waals surface area contributed by atoms with Crippen LogP contribution in [0.5, 0.6) is 0 Å². The maximum Gasteiger partial charge on any atom is 0.0571 e. The first-order valence-corrected chi connectivity index (χ1v) is 5.33. The lowest BCUT2D eigenvalue weighted by Gasteiger charge is -2.31. The molecule has 0 spiro atoms. The van der Waals surface area contributed by atoms with Crippen LogP contribution < -0.4 is 5.73 Å². The van der Waals surface area contributed by atoms with Gasteiger partial charge in [0.1, 0.15) is 0 Å². The number of hydrogen-bond donors (Lipinski definition) is 1. The molecule has 0 aliphatic heterocycles. The van der Waals surface area contributed by atoms with Crippen molar-refractivity contribution in [2.24, 2.45) is 11.7 Å². The molecule has 0 unspecified atom stereocenters. The average molecular weight is 185 g/mol. The van der Waals surface area contributed by atoms with Gasteiger partial charge in [-0.05, 0) is 51.9 Å². The van der Waals surface area contributed by atoms with Gasteiger partial charge in [0, 0.05) is 12.6 Å². The van der Waals surface area contributed by atoms with Crippen LogP contribution in [-0.4, -0.2) is 18.8 Å². The molecule has 0 bridgehead atoms. The Balaban J connectivity index is 2.25. The number of hydrogen-bond acceptors (Lipinski definition) is 2. The summed E-state index contributed by atoms with van der Waals surface area (Å²) in [4.78, 5) is 0. The molecule has 2 N–H and O–H groups in total. The van der Waals surface area contributed by atoms with E-state index in [-0.39, 0.29) is 5.54 Å². The molecule has 1 saturated carbocycles. The summed E-state index contributed by atoms with van der Waals surface area (Å²) in [5, 5.41) is 0. The maximum absolute atomic E-state index is 6.00. The Bertz CT molecular complexity index is 143. The van der Waals surface area contributed by atoms with Crippen LogP contribution in [0.3, 0.4) is 0 Å². The van der Waals surface area contributed by atoms with Gasteiger partial charge in [0.2, 0.25) is 0 Å². The molecule has 1 aliphatic rings. The summed E-state index contributed by atoms with van der Waals surface area (Å²) in [6.07, 6.45) is 6.69. The second kappa shape index (κ2) is 4.43. The second-order valence-corrected chi connectivity index (χ2v) is 5.07. The van der Waals surface area contributed by atoms with Crippen LogP contribution in [0.15, 0.2) is 0 Å². The highest BCUT2D eigenvalue weighted by molar-refractivity contribution is 4.80. The lowest BCUT2D eigenvalue weighted by Crippen LogP contribution is -2.36. The largest absolute Gasteiger partial charge is 0.381 e. The van der Waals surface area contributed by atoms with Crippen LogP contribution in [0.1, 0.15) is 46.0 Å². The molecule has 78 valence electrons. The van der Waals surface area contributed by atoms with Crippen molar-refractivity contribution in [2.75, 3.05) is 7.11 Å². The molecule has 0 atom stereocenters. The van der Waals surface area contributed by atoms with E-state index in [4.69, 9.17) is 10.5 Å². The highest BCUT2D eigenvalue weighted by Gasteiger charge is 2.24. The summed E-state index contributed by atoms with van der Waals surface area (Å²) in [6, 6.07) is 0. The van der Waals surface area contributed by atoms with Crippen molar-refractivity contribution in [1.29, 1.82) is 0 Å². The van der Waals surface area contributed by atoms with Crippen molar-refractivity contribution >= 4 is 0 Å². The Morgan fingerprint density at radius 1 is 1.23 bits per heavy atom. The van der Waals surface area contributed by atoms with E-state index in [0.717, 1.165) is 12.3 Å². The zero-order valence-corrected chi connectivity index (χ0v) is 9.18. The van der Waals surface area contributed by atoms with Gasteiger partial charge in [-0.15, -0.1) is 0 Å². The normalized spacial score (nSPS) is 30.5. The minimum absolute atomic E-state index is 0.00454. The molecule has 2 heteroatoms. The highest BCUT2D eigenvalue weighted by Crippen LogP contribution is 2.30. The summed E-state index contributed by atoms with van der Waals surface area (Å²) < 4.78 is 5.34. The van der Waals surface area contributed by atoms with Gasteiger partial charge in [-0.1, -0.05) is 0 Å². The number of rotatable bonds is 3. The van der Waals surface area contributed by atoms with Crippen LogP contribution in [-0.2, 0) is 4.74 Å². The molecule has 0 aromatic rings. The smallest absolute Gasteiger partial charge is 0.0571 e. The van der Waals surface area contributed by atoms with E-state index in [1.54, 1.807) is 0 Å². The summed E-state index contributed by atoms with van der Waals surface area (Å²) in [7, 11) is 1.82. The van der Waals surface area contributed by atoms with Crippen molar-refractivity contribution in [3.63, 3.8) is 0 Å². The van der Waals surface area contributed by atoms with Crippen molar-refractivity contribution in [2.45, 2.75) is 57.6 Å². The Morgan fingerprint density at radius 3 is 2.15 bits per heavy atom. The van der Waals surface area contributed by atoms with Crippen molar-refractivity contribution in [3.8, 4) is 0 Å². The van der Waals surface area contributed by atoms with Gasteiger partial charge < -0.3 is 10.5 Å². The minimum atomic E-state index is 0.00454. The summed E-state index contributed by atoms with van der Waals surface area (Å²) >= 11 is 0. The second-order valence-electron chi connectivity index (χ2n) is 5.07. The standard InChI is InChI=1S/C11H23NO/c1-11(2,12)8-9-4-6-10(13-3)7-5-9/h9-10H,4-8,12H2,1-3H3. The van der Waals surface area contributed by atoms with Crippen molar-refractivity contribution in [3.05, 3.63) is 0 Å². The molecule has 1 aliphatic carbocycles. The molecule has 0 heterocycles. The third kappa shape index (κ3) is 4.10. The summed E-state index contributed by atoms with van der Waals surface area (Å²) in [6.45, 7) is 4.24. The van der Waals surface area contributed by atoms with E-state index in [0.29, 0.717) is 6.10 Å². The predicted molar refractivity (Wildman–Crippen MR) is 55.6 cm³/mol. The predicted octanol–water partition coefficient (Wildman–Crippen LogP) is 2.32. The molecule has 0 aromatic heterocycles. The molecular weight excluding hydrogens is 162 g/mol. The molecule has 0 aromatic carbocycles. The Kier molecular flexibility index (Phi) is 3.74. The first-order chi connectivity index (χ1) is 6.01. The molecule has 0 radical (unpaired) electrons. The Labute approximate surface area is 81.8 Å². The van der Waals surface area contributed by atoms with Gasteiger partial charge in [0.15, 0.2) is 0 Å². The number of methoxy groups -OCH3 is 1. The third-order valence-corrected chi connectivity index (χ3v) is 2.94. The topological polar surface area (TPSA) is 35.2 Å². The van der Waals surface area contributed by atoms with Crippen LogP contribution in [0.25, 0.3) is 0 Å². The van der Waals surface area contributed by atoms with Crippen LogP contribution in [0.4, 0.5) is 0 Å². The van der Waals surface area contributed by atoms with Gasteiger partial charge in [0.05, 0.1) is 6.10 Å². The van der Waals surface area contributed by atoms with Gasteiger partial charge in [0.25, 0.3) is 0 Å². The molecule has 1 rings (SSSR count). The van der Waals surface area contributed by atoms with Crippen LogP contribution in [0, 0.1) is 5.92 Å². The molecule has 1 fully saturated rings. The fraction of sp³-hybridized carbons (Fsp3) is 1.00. The van der Waals surface area contributed by atoms with Gasteiger partial charge in [-0.3, -0.25) is 0 Å². The zero-order valence-electron chi connectivity index (χ0n) is 9.18. The lowest BCUT2D eigenvalue weighted by atomic mass is 9.80. The van der Waals surface area contributed by atoms with Crippen molar-refractivity contribution in [1.82, 2.24) is 0 Å². The van der Waals surface area contributed by atoms with Crippen LogP contribution in [0.2, 0.25) is 0 Å². The Morgan fingerprint density at radius 2 is 1.77 bits per heavy atom. The SMILES string of the molecule is COC1CCC(CC(C)(C)N)CC1. The first-order valence-electron chi connectivity index (χ1n) is 5.33. The van der Waals surface area contributed by atoms with E-state index >= 15 is 0 Å². The number of nitrogens with two attached hydrogens (primary N) is 1. The molecular formula is C11H23NO. The fourth-order valence-electron chi connectivity index (χ4n) is 2.32. The quantitative estimate of drug-likeness (QED) is 0.732. The molecule has 2 nitrogen and oxygen atoms in total. The van der Waals surface area contributed by atoms with Gasteiger partial charge in [-0.2, -0.15) is 0 Å². The van der Waals surface area contributed by atoms with E-state index < -0.39 is 0 Å². The number of ether oxygens (including phenoxy) is 1. The molecule has 0 amide bonds. The molecule has 13 heavy (non-hydrogen) atoms. The minimum Gasteiger partial charge on any atom is -0.381 e. The van der Waals surface area contributed by atoms with Gasteiger partial charge >= 0.3 is 0 Å². The Hall–Kier alpha value is -0.0800. The lowest BCUT2D eigenvalue weighted by molar-refractivity contribution is 0.0526. The van der Waals surface area contributed by atoms with Gasteiger partial charge in [-0.25, -0.2) is 0 Å². The summed E-state index contributed by atoms with van der Waals surface area (Å²) in [5.74, 6) is 0.825. The zero-order chi connectivity index (χ0) is 9.90. The maximum atomic E-state index is 6.00. The monoisotopic (exact) mass is 185 g/mol. The van der Waals surface area contributed by atoms with Crippen molar-refractivity contribution < 1.29 is 4.74 Å². The summed E-state index contributed by atoms with van der Waals surface area (Å²) in [5.41, 5.74) is 6.01. The van der Waals surface area contributed by atoms with E-state index in [9.17, 15) is 0 Å². The first kappa shape index (κ1) is 11.0. The van der Waals surface area contributed by atoms with Crippen LogP contribution >= 0.6 is 0 Å².